The Morgan fingerprint density at radius 2 is 2.36 bits per heavy atom. The molecule has 0 spiro atoms. The van der Waals surface area contributed by atoms with Crippen LogP contribution in [-0.4, -0.2) is 10.8 Å². The number of alkyl halides is 2. The van der Waals surface area contributed by atoms with E-state index in [0.29, 0.717) is 18.7 Å². The third-order valence-corrected chi connectivity index (χ3v) is 2.35. The van der Waals surface area contributed by atoms with Crippen LogP contribution in [0.2, 0.25) is 0 Å². The van der Waals surface area contributed by atoms with Crippen molar-refractivity contribution in [1.82, 2.24) is 0 Å². The Hall–Kier alpha value is -0.0100. The fourth-order valence-electron chi connectivity index (χ4n) is 0.975. The zero-order valence-electron chi connectivity index (χ0n) is 5.99. The number of hydrogen-bond acceptors (Lipinski definition) is 0. The van der Waals surface area contributed by atoms with Crippen molar-refractivity contribution in [3.63, 3.8) is 0 Å². The molecular weight excluding hydrogens is 186 g/mol. The molecular formula is C8H9Cl2F. The first-order valence-corrected chi connectivity index (χ1v) is 4.37. The summed E-state index contributed by atoms with van der Waals surface area (Å²) in [6, 6.07) is 0. The van der Waals surface area contributed by atoms with Crippen molar-refractivity contribution in [1.29, 1.82) is 0 Å². The predicted octanol–water partition coefficient (Wildman–Crippen LogP) is 3.41. The summed E-state index contributed by atoms with van der Waals surface area (Å²) in [5, 5.41) is 0. The van der Waals surface area contributed by atoms with Gasteiger partial charge in [-0.25, -0.2) is 4.39 Å². The molecule has 1 rings (SSSR count). The summed E-state index contributed by atoms with van der Waals surface area (Å²) in [5.74, 6) is 0.291. The largest absolute Gasteiger partial charge is 0.207 e. The van der Waals surface area contributed by atoms with E-state index in [1.54, 1.807) is 6.08 Å². The van der Waals surface area contributed by atoms with E-state index >= 15 is 0 Å². The van der Waals surface area contributed by atoms with Gasteiger partial charge in [0.25, 0.3) is 0 Å². The third kappa shape index (κ3) is 2.49. The van der Waals surface area contributed by atoms with Crippen LogP contribution in [0.3, 0.4) is 0 Å². The molecule has 0 bridgehead atoms. The molecule has 1 atom stereocenters. The predicted molar refractivity (Wildman–Crippen MR) is 46.9 cm³/mol. The van der Waals surface area contributed by atoms with Crippen LogP contribution < -0.4 is 0 Å². The Balaban J connectivity index is 2.58. The molecule has 3 heteroatoms. The molecule has 0 aromatic carbocycles. The monoisotopic (exact) mass is 194 g/mol. The topological polar surface area (TPSA) is 0 Å². The summed E-state index contributed by atoms with van der Waals surface area (Å²) >= 11 is 11.6. The van der Waals surface area contributed by atoms with Gasteiger partial charge in [0, 0.05) is 5.88 Å². The van der Waals surface area contributed by atoms with E-state index in [4.69, 9.17) is 23.2 Å². The van der Waals surface area contributed by atoms with E-state index in [2.05, 4.69) is 0 Å². The Labute approximate surface area is 75.7 Å². The van der Waals surface area contributed by atoms with Crippen LogP contribution in [0.15, 0.2) is 24.1 Å². The lowest BCUT2D eigenvalue weighted by atomic mass is 9.97. The number of rotatable bonds is 2. The molecule has 0 saturated carbocycles. The van der Waals surface area contributed by atoms with Crippen LogP contribution in [0.25, 0.3) is 0 Å². The van der Waals surface area contributed by atoms with Crippen molar-refractivity contribution in [2.45, 2.75) is 17.7 Å². The van der Waals surface area contributed by atoms with Crippen LogP contribution in [0, 0.1) is 0 Å². The molecule has 0 heterocycles. The second-order valence-corrected chi connectivity index (χ2v) is 3.73. The van der Waals surface area contributed by atoms with Gasteiger partial charge in [0.05, 0.1) is 4.87 Å². The van der Waals surface area contributed by atoms with Gasteiger partial charge in [-0.15, -0.1) is 23.2 Å². The molecule has 0 nitrogen and oxygen atoms in total. The first-order chi connectivity index (χ1) is 5.16. The van der Waals surface area contributed by atoms with Gasteiger partial charge in [-0.05, 0) is 25.0 Å². The highest BCUT2D eigenvalue weighted by Gasteiger charge is 2.24. The zero-order valence-corrected chi connectivity index (χ0v) is 7.50. The van der Waals surface area contributed by atoms with Crippen molar-refractivity contribution in [2.24, 2.45) is 0 Å². The lowest BCUT2D eigenvalue weighted by Gasteiger charge is -2.22. The average Bonchev–Trinajstić information content (AvgIpc) is 1.97. The van der Waals surface area contributed by atoms with Gasteiger partial charge in [0.1, 0.15) is 5.83 Å². The Morgan fingerprint density at radius 1 is 1.64 bits per heavy atom. The summed E-state index contributed by atoms with van der Waals surface area (Å²) in [6.07, 6.45) is 5.76. The van der Waals surface area contributed by atoms with E-state index in [-0.39, 0.29) is 5.83 Å². The van der Waals surface area contributed by atoms with Crippen molar-refractivity contribution in [3.8, 4) is 0 Å². The summed E-state index contributed by atoms with van der Waals surface area (Å²) in [4.78, 5) is -0.447. The van der Waals surface area contributed by atoms with Crippen LogP contribution >= 0.6 is 23.2 Å². The Kier molecular flexibility index (Phi) is 2.97. The number of allylic oxidation sites excluding steroid dienone is 4. The molecule has 11 heavy (non-hydrogen) atoms. The maximum absolute atomic E-state index is 12.4. The quantitative estimate of drug-likeness (QED) is 0.592. The first kappa shape index (κ1) is 9.08. The molecule has 0 saturated heterocycles. The zero-order chi connectivity index (χ0) is 8.32. The minimum atomic E-state index is -0.447. The second-order valence-electron chi connectivity index (χ2n) is 2.60. The molecule has 1 aliphatic rings. The lowest BCUT2D eigenvalue weighted by Crippen LogP contribution is -2.19. The molecule has 0 aromatic heterocycles. The van der Waals surface area contributed by atoms with Gasteiger partial charge in [0.15, 0.2) is 0 Å². The van der Waals surface area contributed by atoms with E-state index in [1.807, 2.05) is 0 Å². The normalized spacial score (nSPS) is 30.3. The Bertz CT molecular complexity index is 198. The van der Waals surface area contributed by atoms with Crippen molar-refractivity contribution in [3.05, 3.63) is 24.1 Å². The third-order valence-electron chi connectivity index (χ3n) is 1.69. The van der Waals surface area contributed by atoms with E-state index in [0.717, 1.165) is 0 Å². The van der Waals surface area contributed by atoms with Crippen molar-refractivity contribution in [2.75, 3.05) is 5.88 Å². The fourth-order valence-corrected chi connectivity index (χ4v) is 1.64. The fraction of sp³-hybridized carbons (Fsp3) is 0.500. The van der Waals surface area contributed by atoms with Crippen LogP contribution in [0.4, 0.5) is 4.39 Å². The highest BCUT2D eigenvalue weighted by Crippen LogP contribution is 2.31. The van der Waals surface area contributed by atoms with Crippen LogP contribution in [0.1, 0.15) is 12.8 Å². The molecule has 1 unspecified atom stereocenters. The molecule has 0 aromatic rings. The summed E-state index contributed by atoms with van der Waals surface area (Å²) < 4.78 is 12.4. The molecule has 1 aliphatic carbocycles. The minimum absolute atomic E-state index is 0.212. The lowest BCUT2D eigenvalue weighted by molar-refractivity contribution is 0.611. The second kappa shape index (κ2) is 3.59. The maximum atomic E-state index is 12.4. The molecule has 0 aliphatic heterocycles. The van der Waals surface area contributed by atoms with E-state index in [9.17, 15) is 4.39 Å². The number of halogens is 3. The molecule has 62 valence electrons. The molecule has 0 radical (unpaired) electrons. The minimum Gasteiger partial charge on any atom is -0.207 e. The van der Waals surface area contributed by atoms with Crippen LogP contribution in [0.5, 0.6) is 0 Å². The van der Waals surface area contributed by atoms with Crippen LogP contribution in [-0.2, 0) is 0 Å². The average molecular weight is 195 g/mol. The van der Waals surface area contributed by atoms with E-state index < -0.39 is 4.87 Å². The maximum Gasteiger partial charge on any atom is 0.119 e. The first-order valence-electron chi connectivity index (χ1n) is 3.46. The molecule has 0 fully saturated rings. The Morgan fingerprint density at radius 3 is 2.82 bits per heavy atom. The van der Waals surface area contributed by atoms with Gasteiger partial charge in [-0.3, -0.25) is 0 Å². The summed E-state index contributed by atoms with van der Waals surface area (Å²) in [6.45, 7) is 0. The van der Waals surface area contributed by atoms with Crippen molar-refractivity contribution >= 4 is 23.2 Å². The standard InChI is InChI=1S/C8H9Cl2F/c9-6-5-8(10)3-1-7(11)2-4-8/h1-3H,4-6H2. The van der Waals surface area contributed by atoms with Gasteiger partial charge < -0.3 is 0 Å². The summed E-state index contributed by atoms with van der Waals surface area (Å²) in [7, 11) is 0. The van der Waals surface area contributed by atoms with Gasteiger partial charge in [-0.2, -0.15) is 0 Å². The van der Waals surface area contributed by atoms with Crippen molar-refractivity contribution < 1.29 is 4.39 Å². The van der Waals surface area contributed by atoms with Gasteiger partial charge in [-0.1, -0.05) is 6.08 Å². The highest BCUT2D eigenvalue weighted by atomic mass is 35.5. The summed E-state index contributed by atoms with van der Waals surface area (Å²) in [5.41, 5.74) is 0. The number of hydrogen-bond donors (Lipinski definition) is 0. The molecule has 0 amide bonds. The highest BCUT2D eigenvalue weighted by molar-refractivity contribution is 6.26. The molecule has 0 N–H and O–H groups in total. The van der Waals surface area contributed by atoms with Gasteiger partial charge >= 0.3 is 0 Å². The van der Waals surface area contributed by atoms with Gasteiger partial charge in [0.2, 0.25) is 0 Å². The SMILES string of the molecule is FC1=CCC(Cl)(CCCl)C=C1. The van der Waals surface area contributed by atoms with E-state index in [1.165, 1.54) is 12.2 Å². The smallest absolute Gasteiger partial charge is 0.119 e.